The lowest BCUT2D eigenvalue weighted by molar-refractivity contribution is -0.384. The number of Topliss-reactive ketones (excluding diaryl/α,β-unsaturated/α-hetero) is 1. The molecule has 0 aliphatic carbocycles. The van der Waals surface area contributed by atoms with Gasteiger partial charge in [0.2, 0.25) is 0 Å². The molecule has 2 N–H and O–H groups in total. The van der Waals surface area contributed by atoms with E-state index >= 15 is 0 Å². The number of carbonyl (C=O) groups is 1. The number of nitro benzene ring substituents is 1. The number of non-ortho nitro benzene ring substituents is 1. The van der Waals surface area contributed by atoms with E-state index in [1.54, 1.807) is 16.7 Å². The molecule has 0 aliphatic rings. The molecule has 0 saturated heterocycles. The predicted molar refractivity (Wildman–Crippen MR) is 99.0 cm³/mol. The van der Waals surface area contributed by atoms with Crippen molar-refractivity contribution in [3.63, 3.8) is 0 Å². The smallest absolute Gasteiger partial charge is 0.269 e. The Morgan fingerprint density at radius 3 is 2.42 bits per heavy atom. The number of rotatable bonds is 6. The van der Waals surface area contributed by atoms with Crippen LogP contribution in [0.25, 0.3) is 11.4 Å². The van der Waals surface area contributed by atoms with Crippen LogP contribution in [0.15, 0.2) is 53.7 Å². The normalized spacial score (nSPS) is 10.7. The zero-order chi connectivity index (χ0) is 18.7. The molecule has 3 aromatic rings. The second-order valence-corrected chi connectivity index (χ2v) is 6.45. The molecule has 26 heavy (non-hydrogen) atoms. The van der Waals surface area contributed by atoms with E-state index in [9.17, 15) is 14.9 Å². The topological polar surface area (TPSA) is 117 Å². The number of carbonyl (C=O) groups excluding carboxylic acids is 1. The Morgan fingerprint density at radius 2 is 1.81 bits per heavy atom. The van der Waals surface area contributed by atoms with Crippen molar-refractivity contribution in [1.29, 1.82) is 0 Å². The maximum atomic E-state index is 12.3. The first-order chi connectivity index (χ1) is 12.5. The third-order valence-corrected chi connectivity index (χ3v) is 4.76. The van der Waals surface area contributed by atoms with Crippen LogP contribution in [0.4, 0.5) is 11.4 Å². The molecule has 132 valence electrons. The molecule has 0 atom stereocenters. The highest BCUT2D eigenvalue weighted by molar-refractivity contribution is 7.99. The van der Waals surface area contributed by atoms with Crippen LogP contribution in [0.2, 0.25) is 0 Å². The summed E-state index contributed by atoms with van der Waals surface area (Å²) in [5, 5.41) is 19.5. The van der Waals surface area contributed by atoms with Crippen molar-refractivity contribution in [2.24, 2.45) is 7.05 Å². The molecule has 0 unspecified atom stereocenters. The van der Waals surface area contributed by atoms with Gasteiger partial charge in [0.15, 0.2) is 16.8 Å². The third kappa shape index (κ3) is 3.72. The zero-order valence-electron chi connectivity index (χ0n) is 13.8. The molecule has 1 aromatic heterocycles. The number of nitrogens with zero attached hydrogens (tertiary/aromatic N) is 4. The van der Waals surface area contributed by atoms with Crippen molar-refractivity contribution in [2.45, 2.75) is 5.16 Å². The number of nitro groups is 1. The standard InChI is InChI=1S/C17H15N5O3S/c1-21-16(12-2-6-13(18)7-3-12)19-20-17(21)26-10-15(23)11-4-8-14(9-5-11)22(24)25/h2-9H,10,18H2,1H3. The number of hydrogen-bond donors (Lipinski definition) is 1. The van der Waals surface area contributed by atoms with Gasteiger partial charge in [0.25, 0.3) is 5.69 Å². The summed E-state index contributed by atoms with van der Waals surface area (Å²) in [6.07, 6.45) is 0. The van der Waals surface area contributed by atoms with E-state index in [0.29, 0.717) is 22.2 Å². The first kappa shape index (κ1) is 17.6. The maximum Gasteiger partial charge on any atom is 0.269 e. The zero-order valence-corrected chi connectivity index (χ0v) is 14.6. The Balaban J connectivity index is 1.69. The minimum Gasteiger partial charge on any atom is -0.399 e. The summed E-state index contributed by atoms with van der Waals surface area (Å²) in [7, 11) is 1.82. The SMILES string of the molecule is Cn1c(SCC(=O)c2ccc([N+](=O)[O-])cc2)nnc1-c1ccc(N)cc1. The average molecular weight is 369 g/mol. The highest BCUT2D eigenvalue weighted by Gasteiger charge is 2.14. The largest absolute Gasteiger partial charge is 0.399 e. The van der Waals surface area contributed by atoms with Crippen molar-refractivity contribution < 1.29 is 9.72 Å². The van der Waals surface area contributed by atoms with Crippen molar-refractivity contribution in [3.8, 4) is 11.4 Å². The van der Waals surface area contributed by atoms with E-state index in [1.165, 1.54) is 36.0 Å². The van der Waals surface area contributed by atoms with Crippen molar-refractivity contribution in [2.75, 3.05) is 11.5 Å². The van der Waals surface area contributed by atoms with E-state index in [4.69, 9.17) is 5.73 Å². The second kappa shape index (κ2) is 7.36. The fourth-order valence-corrected chi connectivity index (χ4v) is 3.11. The van der Waals surface area contributed by atoms with E-state index in [-0.39, 0.29) is 17.2 Å². The summed E-state index contributed by atoms with van der Waals surface area (Å²) in [6, 6.07) is 12.8. The Labute approximate surface area is 153 Å². The first-order valence-electron chi connectivity index (χ1n) is 7.61. The quantitative estimate of drug-likeness (QED) is 0.233. The Morgan fingerprint density at radius 1 is 1.15 bits per heavy atom. The number of hydrogen-bond acceptors (Lipinski definition) is 7. The van der Waals surface area contributed by atoms with E-state index in [0.717, 1.165) is 5.56 Å². The minimum absolute atomic E-state index is 0.0457. The van der Waals surface area contributed by atoms with Crippen LogP contribution >= 0.6 is 11.8 Å². The first-order valence-corrected chi connectivity index (χ1v) is 8.60. The maximum absolute atomic E-state index is 12.3. The van der Waals surface area contributed by atoms with Crippen molar-refractivity contribution in [3.05, 3.63) is 64.2 Å². The van der Waals surface area contributed by atoms with Gasteiger partial charge in [0.05, 0.1) is 10.7 Å². The number of nitrogen functional groups attached to an aromatic ring is 1. The Hall–Kier alpha value is -3.20. The van der Waals surface area contributed by atoms with E-state index < -0.39 is 4.92 Å². The summed E-state index contributed by atoms with van der Waals surface area (Å²) < 4.78 is 1.80. The molecule has 0 radical (unpaired) electrons. The van der Waals surface area contributed by atoms with Gasteiger partial charge in [-0.2, -0.15) is 0 Å². The number of ketones is 1. The van der Waals surface area contributed by atoms with E-state index in [1.807, 2.05) is 19.2 Å². The summed E-state index contributed by atoms with van der Waals surface area (Å²) in [5.41, 5.74) is 7.61. The molecule has 0 fully saturated rings. The lowest BCUT2D eigenvalue weighted by Crippen LogP contribution is -2.04. The van der Waals surface area contributed by atoms with Gasteiger partial charge in [0.1, 0.15) is 0 Å². The molecule has 0 spiro atoms. The average Bonchev–Trinajstić information content (AvgIpc) is 3.01. The van der Waals surface area contributed by atoms with E-state index in [2.05, 4.69) is 10.2 Å². The summed E-state index contributed by atoms with van der Waals surface area (Å²) >= 11 is 1.26. The molecule has 0 saturated carbocycles. The molecule has 3 rings (SSSR count). The molecule has 0 bridgehead atoms. The van der Waals surface area contributed by atoms with Crippen LogP contribution in [0.5, 0.6) is 0 Å². The number of anilines is 1. The molecule has 2 aromatic carbocycles. The lowest BCUT2D eigenvalue weighted by atomic mass is 10.1. The van der Waals surface area contributed by atoms with Gasteiger partial charge >= 0.3 is 0 Å². The van der Waals surface area contributed by atoms with Crippen molar-refractivity contribution >= 4 is 28.9 Å². The summed E-state index contributed by atoms with van der Waals surface area (Å²) in [6.45, 7) is 0. The molecule has 9 heteroatoms. The minimum atomic E-state index is -0.499. The number of thioether (sulfide) groups is 1. The predicted octanol–water partition coefficient (Wildman–Crippen LogP) is 2.95. The fraction of sp³-hybridized carbons (Fsp3) is 0.118. The van der Waals surface area contributed by atoms with Gasteiger partial charge in [-0.3, -0.25) is 14.9 Å². The van der Waals surface area contributed by atoms with Crippen LogP contribution in [0, 0.1) is 10.1 Å². The molecule has 0 amide bonds. The van der Waals surface area contributed by atoms with Gasteiger partial charge in [-0.1, -0.05) is 11.8 Å². The van der Waals surface area contributed by atoms with Gasteiger partial charge in [-0.25, -0.2) is 0 Å². The molecular weight excluding hydrogens is 354 g/mol. The summed E-state index contributed by atoms with van der Waals surface area (Å²) in [5.74, 6) is 0.697. The molecule has 8 nitrogen and oxygen atoms in total. The second-order valence-electron chi connectivity index (χ2n) is 5.50. The number of aromatic nitrogens is 3. The Kier molecular flexibility index (Phi) is 4.99. The number of nitrogens with two attached hydrogens (primary N) is 1. The monoisotopic (exact) mass is 369 g/mol. The highest BCUT2D eigenvalue weighted by Crippen LogP contribution is 2.24. The van der Waals surface area contributed by atoms with Crippen LogP contribution < -0.4 is 5.73 Å². The lowest BCUT2D eigenvalue weighted by Gasteiger charge is -2.04. The van der Waals surface area contributed by atoms with Gasteiger partial charge in [-0.15, -0.1) is 10.2 Å². The Bertz CT molecular complexity index is 952. The third-order valence-electron chi connectivity index (χ3n) is 3.74. The van der Waals surface area contributed by atoms with Crippen LogP contribution in [-0.2, 0) is 7.05 Å². The summed E-state index contributed by atoms with van der Waals surface area (Å²) in [4.78, 5) is 22.4. The van der Waals surface area contributed by atoms with Crippen molar-refractivity contribution in [1.82, 2.24) is 14.8 Å². The van der Waals surface area contributed by atoms with Crippen LogP contribution in [-0.4, -0.2) is 31.2 Å². The molecular formula is C17H15N5O3S. The number of benzene rings is 2. The van der Waals surface area contributed by atoms with Gasteiger partial charge in [0, 0.05) is 36.0 Å². The van der Waals surface area contributed by atoms with Gasteiger partial charge in [-0.05, 0) is 36.4 Å². The molecule has 0 aliphatic heterocycles. The van der Waals surface area contributed by atoms with Crippen LogP contribution in [0.1, 0.15) is 10.4 Å². The van der Waals surface area contributed by atoms with Gasteiger partial charge < -0.3 is 10.3 Å². The fourth-order valence-electron chi connectivity index (χ4n) is 2.31. The van der Waals surface area contributed by atoms with Crippen LogP contribution in [0.3, 0.4) is 0 Å². The molecule has 1 heterocycles. The highest BCUT2D eigenvalue weighted by atomic mass is 32.2.